The molecular formula is C12H18FN3O2. The second-order valence-corrected chi connectivity index (χ2v) is 4.17. The lowest BCUT2D eigenvalue weighted by Crippen LogP contribution is -2.18. The van der Waals surface area contributed by atoms with Crippen LogP contribution >= 0.6 is 0 Å². The lowest BCUT2D eigenvalue weighted by molar-refractivity contribution is -0.137. The van der Waals surface area contributed by atoms with Crippen LogP contribution in [0.5, 0.6) is 0 Å². The maximum atomic E-state index is 13.8. The molecule has 100 valence electrons. The molecule has 1 heterocycles. The average Bonchev–Trinajstić information content (AvgIpc) is 2.31. The molecule has 2 N–H and O–H groups in total. The second-order valence-electron chi connectivity index (χ2n) is 4.17. The summed E-state index contributed by atoms with van der Waals surface area (Å²) in [6.07, 6.45) is 3.16. The fraction of sp³-hybridized carbons (Fsp3) is 0.583. The molecule has 0 spiro atoms. The number of aromatic nitrogens is 2. The summed E-state index contributed by atoms with van der Waals surface area (Å²) < 4.78 is 13.8. The van der Waals surface area contributed by atoms with Crippen LogP contribution < -0.4 is 5.32 Å². The number of nitrogens with one attached hydrogen (secondary N) is 1. The molecule has 0 fully saturated rings. The Balaban J connectivity index is 2.53. The van der Waals surface area contributed by atoms with E-state index in [0.29, 0.717) is 25.0 Å². The fourth-order valence-corrected chi connectivity index (χ4v) is 1.62. The molecular weight excluding hydrogens is 237 g/mol. The van der Waals surface area contributed by atoms with E-state index in [-0.39, 0.29) is 18.3 Å². The van der Waals surface area contributed by atoms with Crippen molar-refractivity contribution < 1.29 is 14.3 Å². The van der Waals surface area contributed by atoms with Crippen LogP contribution in [0.15, 0.2) is 6.33 Å². The van der Waals surface area contributed by atoms with Crippen LogP contribution in [0.2, 0.25) is 0 Å². The first-order valence-electron chi connectivity index (χ1n) is 6.02. The topological polar surface area (TPSA) is 75.1 Å². The van der Waals surface area contributed by atoms with Gasteiger partial charge in [0.05, 0.1) is 5.69 Å². The molecule has 0 saturated heterocycles. The number of hydrogen-bond donors (Lipinski definition) is 2. The zero-order valence-electron chi connectivity index (χ0n) is 10.6. The van der Waals surface area contributed by atoms with Crippen LogP contribution in [0.25, 0.3) is 0 Å². The molecule has 0 aliphatic carbocycles. The number of rotatable bonds is 7. The van der Waals surface area contributed by atoms with E-state index in [0.717, 1.165) is 0 Å². The van der Waals surface area contributed by atoms with E-state index >= 15 is 0 Å². The van der Waals surface area contributed by atoms with E-state index in [4.69, 9.17) is 5.11 Å². The van der Waals surface area contributed by atoms with Crippen LogP contribution in [0.1, 0.15) is 38.8 Å². The van der Waals surface area contributed by atoms with Gasteiger partial charge in [-0.1, -0.05) is 6.92 Å². The summed E-state index contributed by atoms with van der Waals surface area (Å²) in [5.74, 6) is -1.06. The third-order valence-electron chi connectivity index (χ3n) is 2.61. The molecule has 0 bridgehead atoms. The van der Waals surface area contributed by atoms with Gasteiger partial charge in [-0.3, -0.25) is 4.79 Å². The zero-order valence-corrected chi connectivity index (χ0v) is 10.6. The van der Waals surface area contributed by atoms with Gasteiger partial charge in [0.25, 0.3) is 0 Å². The highest BCUT2D eigenvalue weighted by atomic mass is 19.1. The predicted octanol–water partition coefficient (Wildman–Crippen LogP) is 2.23. The smallest absolute Gasteiger partial charge is 0.303 e. The minimum atomic E-state index is -0.816. The molecule has 0 aliphatic rings. The minimum absolute atomic E-state index is 0.0292. The molecule has 1 aromatic rings. The predicted molar refractivity (Wildman–Crippen MR) is 65.9 cm³/mol. The zero-order chi connectivity index (χ0) is 13.5. The Kier molecular flexibility index (Phi) is 5.48. The molecule has 1 unspecified atom stereocenters. The Bertz CT molecular complexity index is 412. The van der Waals surface area contributed by atoms with Gasteiger partial charge in [-0.05, 0) is 26.2 Å². The van der Waals surface area contributed by atoms with Gasteiger partial charge in [-0.25, -0.2) is 14.4 Å². The molecule has 0 radical (unpaired) electrons. The molecule has 0 aromatic carbocycles. The summed E-state index contributed by atoms with van der Waals surface area (Å²) in [6, 6.07) is -0.0292. The Hall–Kier alpha value is -1.72. The number of nitrogens with zero attached hydrogens (tertiary/aromatic N) is 2. The van der Waals surface area contributed by atoms with Crippen molar-refractivity contribution in [1.82, 2.24) is 9.97 Å². The van der Waals surface area contributed by atoms with Crippen molar-refractivity contribution in [1.29, 1.82) is 0 Å². The summed E-state index contributed by atoms with van der Waals surface area (Å²) in [4.78, 5) is 18.1. The largest absolute Gasteiger partial charge is 0.481 e. The number of carbonyl (C=O) groups is 1. The molecule has 18 heavy (non-hydrogen) atoms. The van der Waals surface area contributed by atoms with E-state index in [1.165, 1.54) is 6.33 Å². The van der Waals surface area contributed by atoms with E-state index in [9.17, 15) is 9.18 Å². The SMILES string of the molecule is CCc1ncnc(NC(C)CCCC(=O)O)c1F. The Labute approximate surface area is 105 Å². The van der Waals surface area contributed by atoms with Crippen molar-refractivity contribution in [2.45, 2.75) is 45.6 Å². The average molecular weight is 255 g/mol. The molecule has 0 amide bonds. The lowest BCUT2D eigenvalue weighted by Gasteiger charge is -2.14. The van der Waals surface area contributed by atoms with Gasteiger partial charge in [0.1, 0.15) is 6.33 Å². The Morgan fingerprint density at radius 2 is 2.28 bits per heavy atom. The van der Waals surface area contributed by atoms with Crippen LogP contribution in [0, 0.1) is 5.82 Å². The highest BCUT2D eigenvalue weighted by Gasteiger charge is 2.12. The Morgan fingerprint density at radius 3 is 2.89 bits per heavy atom. The van der Waals surface area contributed by atoms with Gasteiger partial charge in [0.15, 0.2) is 11.6 Å². The fourth-order valence-electron chi connectivity index (χ4n) is 1.62. The molecule has 0 saturated carbocycles. The highest BCUT2D eigenvalue weighted by Crippen LogP contribution is 2.15. The van der Waals surface area contributed by atoms with E-state index < -0.39 is 11.8 Å². The van der Waals surface area contributed by atoms with Gasteiger partial charge >= 0.3 is 5.97 Å². The van der Waals surface area contributed by atoms with Crippen molar-refractivity contribution in [2.24, 2.45) is 0 Å². The number of aryl methyl sites for hydroxylation is 1. The monoisotopic (exact) mass is 255 g/mol. The van der Waals surface area contributed by atoms with Crippen LogP contribution in [0.4, 0.5) is 10.2 Å². The summed E-state index contributed by atoms with van der Waals surface area (Å²) in [5, 5.41) is 11.5. The third-order valence-corrected chi connectivity index (χ3v) is 2.61. The molecule has 6 heteroatoms. The van der Waals surface area contributed by atoms with E-state index in [1.807, 2.05) is 13.8 Å². The molecule has 5 nitrogen and oxygen atoms in total. The summed E-state index contributed by atoms with van der Waals surface area (Å²) in [6.45, 7) is 3.69. The highest BCUT2D eigenvalue weighted by molar-refractivity contribution is 5.66. The molecule has 1 atom stereocenters. The van der Waals surface area contributed by atoms with Crippen molar-refractivity contribution in [3.8, 4) is 0 Å². The number of anilines is 1. The van der Waals surface area contributed by atoms with Gasteiger partial charge in [-0.2, -0.15) is 0 Å². The molecule has 1 rings (SSSR count). The van der Waals surface area contributed by atoms with E-state index in [1.54, 1.807) is 0 Å². The summed E-state index contributed by atoms with van der Waals surface area (Å²) in [7, 11) is 0. The molecule has 1 aromatic heterocycles. The van der Waals surface area contributed by atoms with Crippen molar-refractivity contribution in [2.75, 3.05) is 5.32 Å². The quantitative estimate of drug-likeness (QED) is 0.781. The third kappa shape index (κ3) is 4.27. The molecule has 0 aliphatic heterocycles. The first kappa shape index (κ1) is 14.3. The number of carboxylic acid groups (broad SMARTS) is 1. The van der Waals surface area contributed by atoms with Crippen molar-refractivity contribution in [3.05, 3.63) is 17.8 Å². The summed E-state index contributed by atoms with van der Waals surface area (Å²) in [5.41, 5.74) is 0.380. The number of hydrogen-bond acceptors (Lipinski definition) is 4. The van der Waals surface area contributed by atoms with Crippen molar-refractivity contribution >= 4 is 11.8 Å². The van der Waals surface area contributed by atoms with Crippen LogP contribution in [-0.4, -0.2) is 27.1 Å². The number of carboxylic acids is 1. The van der Waals surface area contributed by atoms with Gasteiger partial charge < -0.3 is 10.4 Å². The standard InChI is InChI=1S/C12H18FN3O2/c1-3-9-11(13)12(15-7-14-9)16-8(2)5-4-6-10(17)18/h7-8H,3-6H2,1-2H3,(H,17,18)(H,14,15,16). The Morgan fingerprint density at radius 1 is 1.56 bits per heavy atom. The van der Waals surface area contributed by atoms with Gasteiger partial charge in [0.2, 0.25) is 0 Å². The normalized spacial score (nSPS) is 12.2. The van der Waals surface area contributed by atoms with Crippen molar-refractivity contribution in [3.63, 3.8) is 0 Å². The number of aliphatic carboxylic acids is 1. The van der Waals surface area contributed by atoms with Crippen LogP contribution in [-0.2, 0) is 11.2 Å². The summed E-state index contributed by atoms with van der Waals surface area (Å²) >= 11 is 0. The maximum absolute atomic E-state index is 13.8. The number of halogens is 1. The van der Waals surface area contributed by atoms with Gasteiger partial charge in [0, 0.05) is 12.5 Å². The first-order valence-corrected chi connectivity index (χ1v) is 6.02. The van der Waals surface area contributed by atoms with E-state index in [2.05, 4.69) is 15.3 Å². The first-order chi connectivity index (χ1) is 8.54. The van der Waals surface area contributed by atoms with Gasteiger partial charge in [-0.15, -0.1) is 0 Å². The second kappa shape index (κ2) is 6.88. The maximum Gasteiger partial charge on any atom is 0.303 e. The lowest BCUT2D eigenvalue weighted by atomic mass is 10.1. The minimum Gasteiger partial charge on any atom is -0.481 e. The van der Waals surface area contributed by atoms with Crippen LogP contribution in [0.3, 0.4) is 0 Å².